The van der Waals surface area contributed by atoms with Gasteiger partial charge in [0, 0.05) is 38.7 Å². The second-order valence-electron chi connectivity index (χ2n) is 15.5. The van der Waals surface area contributed by atoms with Crippen molar-refractivity contribution < 1.29 is 8.83 Å². The van der Waals surface area contributed by atoms with Crippen molar-refractivity contribution in [2.24, 2.45) is 0 Å². The zero-order valence-corrected chi connectivity index (χ0v) is 33.0. The lowest BCUT2D eigenvalue weighted by Gasteiger charge is -2.29. The van der Waals surface area contributed by atoms with Crippen molar-refractivity contribution in [1.82, 2.24) is 4.98 Å². The highest BCUT2D eigenvalue weighted by Crippen LogP contribution is 2.47. The predicted octanol–water partition coefficient (Wildman–Crippen LogP) is 16.2. The zero-order chi connectivity index (χ0) is 40.3. The molecule has 0 atom stereocenters. The molecule has 0 unspecified atom stereocenters. The highest BCUT2D eigenvalue weighted by atomic mass is 16.3. The molecule has 0 saturated carbocycles. The minimum atomic E-state index is 0.604. The van der Waals surface area contributed by atoms with Gasteiger partial charge in [-0.2, -0.15) is 0 Å². The van der Waals surface area contributed by atoms with E-state index >= 15 is 0 Å². The fraction of sp³-hybridized carbons (Fsp3) is 0. The topological polar surface area (TPSA) is 42.4 Å². The average molecular weight is 781 g/mol. The normalized spacial score (nSPS) is 11.6. The number of rotatable bonds is 7. The maximum atomic E-state index is 6.77. The van der Waals surface area contributed by atoms with Gasteiger partial charge in [-0.3, -0.25) is 0 Å². The summed E-state index contributed by atoms with van der Waals surface area (Å²) in [6, 6.07) is 77.1. The van der Waals surface area contributed by atoms with E-state index in [2.05, 4.69) is 181 Å². The molecule has 0 fully saturated rings. The summed E-state index contributed by atoms with van der Waals surface area (Å²) in [6.45, 7) is 0. The number of furan rings is 1. The number of para-hydroxylation sites is 2. The molecule has 10 aromatic carbocycles. The molecule has 4 nitrogen and oxygen atoms in total. The van der Waals surface area contributed by atoms with Gasteiger partial charge in [-0.25, -0.2) is 4.98 Å². The van der Waals surface area contributed by atoms with Gasteiger partial charge in [-0.1, -0.05) is 152 Å². The van der Waals surface area contributed by atoms with E-state index in [1.165, 1.54) is 11.1 Å². The molecule has 2 aromatic heterocycles. The van der Waals surface area contributed by atoms with Crippen molar-refractivity contribution in [2.45, 2.75) is 0 Å². The summed E-state index contributed by atoms with van der Waals surface area (Å²) in [5.74, 6) is 0.604. The highest BCUT2D eigenvalue weighted by Gasteiger charge is 2.23. The third-order valence-corrected chi connectivity index (χ3v) is 11.9. The summed E-state index contributed by atoms with van der Waals surface area (Å²) in [7, 11) is 0. The SMILES string of the molecule is c1ccc(-c2nc3ccc4cc(-c5ccccc5)c5ccc(N(c6ccc7oc8ccccc8c7c6)c6ccccc6-c6ccccc6-c6ccccc6)cc5c4c3o2)cc1. The first-order chi connectivity index (χ1) is 30.2. The maximum Gasteiger partial charge on any atom is 0.227 e. The molecule has 0 aliphatic carbocycles. The van der Waals surface area contributed by atoms with Crippen molar-refractivity contribution in [1.29, 1.82) is 0 Å². The van der Waals surface area contributed by atoms with Crippen molar-refractivity contribution in [3.8, 4) is 44.8 Å². The van der Waals surface area contributed by atoms with E-state index in [0.717, 1.165) is 99.5 Å². The van der Waals surface area contributed by atoms with Crippen LogP contribution in [0.5, 0.6) is 0 Å². The molecule has 12 rings (SSSR count). The lowest BCUT2D eigenvalue weighted by Crippen LogP contribution is -2.11. The van der Waals surface area contributed by atoms with Crippen LogP contribution in [-0.2, 0) is 0 Å². The van der Waals surface area contributed by atoms with Crippen LogP contribution in [0.4, 0.5) is 17.1 Å². The number of aromatic nitrogens is 1. The lowest BCUT2D eigenvalue weighted by atomic mass is 9.91. The summed E-state index contributed by atoms with van der Waals surface area (Å²) in [5.41, 5.74) is 14.3. The number of anilines is 3. The maximum absolute atomic E-state index is 6.77. The summed E-state index contributed by atoms with van der Waals surface area (Å²) in [5, 5.41) is 6.48. The van der Waals surface area contributed by atoms with Gasteiger partial charge in [0.25, 0.3) is 0 Å². The Labute approximate surface area is 352 Å². The van der Waals surface area contributed by atoms with Crippen LogP contribution in [-0.4, -0.2) is 4.98 Å². The van der Waals surface area contributed by atoms with Gasteiger partial charge in [-0.05, 0) is 111 Å². The molecule has 0 saturated heterocycles. The van der Waals surface area contributed by atoms with Gasteiger partial charge in [-0.15, -0.1) is 0 Å². The van der Waals surface area contributed by atoms with Crippen molar-refractivity contribution in [3.05, 3.63) is 218 Å². The number of benzene rings is 10. The molecule has 4 heteroatoms. The molecule has 2 heterocycles. The number of hydrogen-bond acceptors (Lipinski definition) is 4. The molecule has 0 bridgehead atoms. The Balaban J connectivity index is 1.16. The summed E-state index contributed by atoms with van der Waals surface area (Å²) in [6.07, 6.45) is 0. The zero-order valence-electron chi connectivity index (χ0n) is 33.0. The van der Waals surface area contributed by atoms with Crippen LogP contribution in [0.15, 0.2) is 227 Å². The van der Waals surface area contributed by atoms with Crippen molar-refractivity contribution in [3.63, 3.8) is 0 Å². The van der Waals surface area contributed by atoms with Gasteiger partial charge in [0.15, 0.2) is 5.58 Å². The minimum absolute atomic E-state index is 0.604. The lowest BCUT2D eigenvalue weighted by molar-refractivity contribution is 0.623. The Bertz CT molecular complexity index is 3590. The van der Waals surface area contributed by atoms with Crippen molar-refractivity contribution in [2.75, 3.05) is 4.90 Å². The van der Waals surface area contributed by atoms with Gasteiger partial charge in [0.05, 0.1) is 5.69 Å². The van der Waals surface area contributed by atoms with Gasteiger partial charge in [0.2, 0.25) is 5.89 Å². The largest absolute Gasteiger partial charge is 0.456 e. The third kappa shape index (κ3) is 5.88. The number of oxazole rings is 1. The second kappa shape index (κ2) is 14.3. The van der Waals surface area contributed by atoms with Crippen LogP contribution < -0.4 is 4.90 Å². The molecule has 0 spiro atoms. The van der Waals surface area contributed by atoms with E-state index in [0.29, 0.717) is 5.89 Å². The minimum Gasteiger partial charge on any atom is -0.456 e. The van der Waals surface area contributed by atoms with Crippen LogP contribution in [0.1, 0.15) is 0 Å². The highest BCUT2D eigenvalue weighted by molar-refractivity contribution is 6.22. The van der Waals surface area contributed by atoms with Crippen molar-refractivity contribution >= 4 is 71.6 Å². The number of hydrogen-bond donors (Lipinski definition) is 0. The molecule has 0 aliphatic rings. The quantitative estimate of drug-likeness (QED) is 0.151. The Kier molecular flexibility index (Phi) is 8.13. The van der Waals surface area contributed by atoms with Crippen LogP contribution in [0.25, 0.3) is 99.4 Å². The molecule has 286 valence electrons. The summed E-state index contributed by atoms with van der Waals surface area (Å²) in [4.78, 5) is 7.41. The Morgan fingerprint density at radius 2 is 0.951 bits per heavy atom. The van der Waals surface area contributed by atoms with Gasteiger partial charge in [0.1, 0.15) is 16.7 Å². The summed E-state index contributed by atoms with van der Waals surface area (Å²) < 4.78 is 13.1. The van der Waals surface area contributed by atoms with Gasteiger partial charge < -0.3 is 13.7 Å². The van der Waals surface area contributed by atoms with E-state index < -0.39 is 0 Å². The number of nitrogens with zero attached hydrogens (tertiary/aromatic N) is 2. The fourth-order valence-corrected chi connectivity index (χ4v) is 9.08. The molecular weight excluding hydrogens is 745 g/mol. The van der Waals surface area contributed by atoms with E-state index in [-0.39, 0.29) is 0 Å². The molecule has 12 aromatic rings. The number of fused-ring (bicyclic) bond motifs is 8. The van der Waals surface area contributed by atoms with E-state index in [4.69, 9.17) is 13.8 Å². The smallest absolute Gasteiger partial charge is 0.227 e. The fourth-order valence-electron chi connectivity index (χ4n) is 9.08. The summed E-state index contributed by atoms with van der Waals surface area (Å²) >= 11 is 0. The van der Waals surface area contributed by atoms with Crippen LogP contribution >= 0.6 is 0 Å². The molecular formula is C57H36N2O2. The van der Waals surface area contributed by atoms with E-state index in [1.807, 2.05) is 42.5 Å². The first-order valence-corrected chi connectivity index (χ1v) is 20.6. The first-order valence-electron chi connectivity index (χ1n) is 20.6. The van der Waals surface area contributed by atoms with Crippen LogP contribution in [0, 0.1) is 0 Å². The standard InChI is InChI=1S/C57H36N2O2/c1-4-16-37(17-5-1)43-22-10-11-23-44(43)46-24-12-14-26-52(46)59(42-30-33-54-49(35-42)47-25-13-15-27-53(47)60-54)41-29-31-45-48(38-18-6-2-7-19-38)34-40-28-32-51-56(55(40)50(45)36-41)61-57(58-51)39-20-8-3-9-21-39/h1-36H. The molecule has 0 aliphatic heterocycles. The first kappa shape index (κ1) is 34.8. The molecule has 0 N–H and O–H groups in total. The van der Waals surface area contributed by atoms with Crippen LogP contribution in [0.3, 0.4) is 0 Å². The van der Waals surface area contributed by atoms with Crippen LogP contribution in [0.2, 0.25) is 0 Å². The molecule has 0 amide bonds. The Hall–Kier alpha value is -8.21. The van der Waals surface area contributed by atoms with E-state index in [9.17, 15) is 0 Å². The Morgan fingerprint density at radius 3 is 1.72 bits per heavy atom. The predicted molar refractivity (Wildman–Crippen MR) is 253 cm³/mol. The second-order valence-corrected chi connectivity index (χ2v) is 15.5. The molecule has 0 radical (unpaired) electrons. The monoisotopic (exact) mass is 780 g/mol. The Morgan fingerprint density at radius 1 is 0.361 bits per heavy atom. The third-order valence-electron chi connectivity index (χ3n) is 11.9. The van der Waals surface area contributed by atoms with E-state index in [1.54, 1.807) is 0 Å². The molecule has 61 heavy (non-hydrogen) atoms. The average Bonchev–Trinajstić information content (AvgIpc) is 3.94. The van der Waals surface area contributed by atoms with Gasteiger partial charge >= 0.3 is 0 Å².